The molecule has 5 nitrogen and oxygen atoms in total. The Labute approximate surface area is 186 Å². The number of aryl methyl sites for hydroxylation is 1. The van der Waals surface area contributed by atoms with E-state index in [0.29, 0.717) is 12.3 Å². The number of carboxylic acid groups (broad SMARTS) is 1. The van der Waals surface area contributed by atoms with Gasteiger partial charge in [-0.15, -0.1) is 11.8 Å². The van der Waals surface area contributed by atoms with Crippen molar-refractivity contribution in [1.82, 2.24) is 0 Å². The van der Waals surface area contributed by atoms with Gasteiger partial charge in [-0.1, -0.05) is 36.4 Å². The zero-order valence-corrected chi connectivity index (χ0v) is 18.1. The van der Waals surface area contributed by atoms with Crippen molar-refractivity contribution in [2.75, 3.05) is 22.5 Å². The van der Waals surface area contributed by atoms with Crippen LogP contribution in [0.1, 0.15) is 23.5 Å². The largest absolute Gasteiger partial charge is 0.481 e. The van der Waals surface area contributed by atoms with Gasteiger partial charge in [0.2, 0.25) is 5.91 Å². The quantitative estimate of drug-likeness (QED) is 0.487. The first-order chi connectivity index (χ1) is 15.0. The van der Waals surface area contributed by atoms with E-state index in [1.807, 2.05) is 79.7 Å². The molecule has 0 fully saturated rings. The van der Waals surface area contributed by atoms with Crippen LogP contribution in [0.2, 0.25) is 0 Å². The van der Waals surface area contributed by atoms with Gasteiger partial charge in [0.05, 0.1) is 12.2 Å². The minimum Gasteiger partial charge on any atom is -0.481 e. The van der Waals surface area contributed by atoms with Crippen molar-refractivity contribution in [3.8, 4) is 0 Å². The Kier molecular flexibility index (Phi) is 6.28. The average molecular weight is 433 g/mol. The molecule has 0 saturated carbocycles. The number of amides is 1. The Hall–Kier alpha value is -3.25. The predicted octanol–water partition coefficient (Wildman–Crippen LogP) is 5.44. The summed E-state index contributed by atoms with van der Waals surface area (Å²) in [4.78, 5) is 26.9. The van der Waals surface area contributed by atoms with Crippen LogP contribution in [0.25, 0.3) is 0 Å². The van der Waals surface area contributed by atoms with E-state index < -0.39 is 5.97 Å². The highest BCUT2D eigenvalue weighted by molar-refractivity contribution is 8.00. The minimum absolute atomic E-state index is 0.0394. The fourth-order valence-corrected chi connectivity index (χ4v) is 4.73. The van der Waals surface area contributed by atoms with E-state index in [0.717, 1.165) is 33.1 Å². The fraction of sp³-hybridized carbons (Fsp3) is 0.200. The number of hydrogen-bond donors (Lipinski definition) is 2. The number of carbonyl (C=O) groups excluding carboxylic acids is 1. The molecule has 3 aromatic rings. The molecule has 0 saturated heterocycles. The molecule has 0 aliphatic carbocycles. The monoisotopic (exact) mass is 432 g/mol. The molecule has 3 aromatic carbocycles. The fourth-order valence-electron chi connectivity index (χ4n) is 4.01. The van der Waals surface area contributed by atoms with E-state index in [1.54, 1.807) is 0 Å². The maximum atomic E-state index is 12.3. The topological polar surface area (TPSA) is 69.6 Å². The van der Waals surface area contributed by atoms with Crippen molar-refractivity contribution < 1.29 is 14.7 Å². The van der Waals surface area contributed by atoms with Crippen LogP contribution in [-0.2, 0) is 9.59 Å². The summed E-state index contributed by atoms with van der Waals surface area (Å²) in [6, 6.07) is 23.7. The van der Waals surface area contributed by atoms with Crippen LogP contribution in [0.3, 0.4) is 0 Å². The summed E-state index contributed by atoms with van der Waals surface area (Å²) in [6.07, 6.45) is 0.111. The van der Waals surface area contributed by atoms with Gasteiger partial charge >= 0.3 is 5.97 Å². The van der Waals surface area contributed by atoms with Crippen LogP contribution in [0, 0.1) is 6.92 Å². The standard InChI is InChI=1S/C25H24N2O3S/c1-17-13-19(26-24(28)16-31-20-7-3-2-4-8-20)11-12-22(17)27-15-18(14-25(29)30)21-9-5-6-10-23(21)27/h2-13,18H,14-16H2,1H3,(H,26,28)(H,29,30). The number of benzene rings is 3. The lowest BCUT2D eigenvalue weighted by Gasteiger charge is -2.23. The molecule has 1 amide bonds. The summed E-state index contributed by atoms with van der Waals surface area (Å²) in [7, 11) is 0. The number of nitrogens with one attached hydrogen (secondary N) is 1. The first-order valence-corrected chi connectivity index (χ1v) is 11.2. The van der Waals surface area contributed by atoms with Gasteiger partial charge in [0.15, 0.2) is 0 Å². The van der Waals surface area contributed by atoms with E-state index >= 15 is 0 Å². The van der Waals surface area contributed by atoms with Crippen LogP contribution in [0.4, 0.5) is 17.1 Å². The molecule has 6 heteroatoms. The number of nitrogens with zero attached hydrogens (tertiary/aromatic N) is 1. The number of anilines is 3. The minimum atomic E-state index is -0.787. The summed E-state index contributed by atoms with van der Waals surface area (Å²) in [6.45, 7) is 2.64. The lowest BCUT2D eigenvalue weighted by molar-refractivity contribution is -0.137. The zero-order chi connectivity index (χ0) is 21.8. The van der Waals surface area contributed by atoms with Crippen LogP contribution in [-0.4, -0.2) is 29.3 Å². The second-order valence-electron chi connectivity index (χ2n) is 7.62. The highest BCUT2D eigenvalue weighted by atomic mass is 32.2. The SMILES string of the molecule is Cc1cc(NC(=O)CSc2ccccc2)ccc1N1CC(CC(=O)O)c2ccccc21. The molecule has 1 atom stereocenters. The highest BCUT2D eigenvalue weighted by Crippen LogP contribution is 2.43. The van der Waals surface area contributed by atoms with Gasteiger partial charge in [0, 0.05) is 34.4 Å². The lowest BCUT2D eigenvalue weighted by atomic mass is 9.98. The third-order valence-corrected chi connectivity index (χ3v) is 6.39. The van der Waals surface area contributed by atoms with Crippen molar-refractivity contribution in [2.45, 2.75) is 24.2 Å². The van der Waals surface area contributed by atoms with Crippen LogP contribution < -0.4 is 10.2 Å². The third kappa shape index (κ3) is 4.91. The average Bonchev–Trinajstić information content (AvgIpc) is 3.11. The summed E-state index contributed by atoms with van der Waals surface area (Å²) < 4.78 is 0. The molecule has 1 aliphatic rings. The summed E-state index contributed by atoms with van der Waals surface area (Å²) in [5.74, 6) is -0.525. The van der Waals surface area contributed by atoms with E-state index in [-0.39, 0.29) is 18.2 Å². The van der Waals surface area contributed by atoms with Gasteiger partial charge in [-0.2, -0.15) is 0 Å². The molecular weight excluding hydrogens is 408 g/mol. The number of thioether (sulfide) groups is 1. The number of fused-ring (bicyclic) bond motifs is 1. The smallest absolute Gasteiger partial charge is 0.304 e. The predicted molar refractivity (Wildman–Crippen MR) is 125 cm³/mol. The first kappa shape index (κ1) is 21.0. The Morgan fingerprint density at radius 1 is 1.03 bits per heavy atom. The Balaban J connectivity index is 1.46. The Morgan fingerprint density at radius 3 is 2.52 bits per heavy atom. The molecule has 158 valence electrons. The van der Waals surface area contributed by atoms with E-state index in [9.17, 15) is 14.7 Å². The Morgan fingerprint density at radius 2 is 1.77 bits per heavy atom. The molecule has 1 unspecified atom stereocenters. The number of rotatable bonds is 7. The second-order valence-corrected chi connectivity index (χ2v) is 8.66. The maximum Gasteiger partial charge on any atom is 0.304 e. The van der Waals surface area contributed by atoms with Gasteiger partial charge in [-0.3, -0.25) is 9.59 Å². The van der Waals surface area contributed by atoms with Crippen molar-refractivity contribution in [3.63, 3.8) is 0 Å². The van der Waals surface area contributed by atoms with E-state index in [1.165, 1.54) is 11.8 Å². The summed E-state index contributed by atoms with van der Waals surface area (Å²) >= 11 is 1.50. The molecule has 31 heavy (non-hydrogen) atoms. The van der Waals surface area contributed by atoms with Crippen molar-refractivity contribution in [2.24, 2.45) is 0 Å². The highest BCUT2D eigenvalue weighted by Gasteiger charge is 2.31. The van der Waals surface area contributed by atoms with Crippen molar-refractivity contribution in [3.05, 3.63) is 83.9 Å². The molecule has 0 radical (unpaired) electrons. The molecule has 0 spiro atoms. The molecule has 0 aromatic heterocycles. The van der Waals surface area contributed by atoms with Crippen molar-refractivity contribution >= 4 is 40.7 Å². The molecule has 2 N–H and O–H groups in total. The number of para-hydroxylation sites is 1. The first-order valence-electron chi connectivity index (χ1n) is 10.2. The molecule has 1 aliphatic heterocycles. The summed E-state index contributed by atoms with van der Waals surface area (Å²) in [5, 5.41) is 12.3. The van der Waals surface area contributed by atoms with Crippen LogP contribution >= 0.6 is 11.8 Å². The molecule has 4 rings (SSSR count). The van der Waals surface area contributed by atoms with Gasteiger partial charge in [0.1, 0.15) is 0 Å². The normalized spacial score (nSPS) is 14.9. The van der Waals surface area contributed by atoms with Crippen LogP contribution in [0.15, 0.2) is 77.7 Å². The van der Waals surface area contributed by atoms with E-state index in [2.05, 4.69) is 10.2 Å². The lowest BCUT2D eigenvalue weighted by Crippen LogP contribution is -2.18. The van der Waals surface area contributed by atoms with Crippen LogP contribution in [0.5, 0.6) is 0 Å². The Bertz CT molecular complexity index is 1100. The number of hydrogen-bond acceptors (Lipinski definition) is 4. The number of aliphatic carboxylic acids is 1. The number of carbonyl (C=O) groups is 2. The summed E-state index contributed by atoms with van der Waals surface area (Å²) in [5.41, 5.74) is 4.93. The third-order valence-electron chi connectivity index (χ3n) is 5.38. The number of carboxylic acids is 1. The van der Waals surface area contributed by atoms with Gasteiger partial charge in [-0.05, 0) is 54.4 Å². The molecule has 1 heterocycles. The molecule has 0 bridgehead atoms. The van der Waals surface area contributed by atoms with Gasteiger partial charge < -0.3 is 15.3 Å². The second kappa shape index (κ2) is 9.27. The van der Waals surface area contributed by atoms with E-state index in [4.69, 9.17) is 0 Å². The van der Waals surface area contributed by atoms with Gasteiger partial charge in [-0.25, -0.2) is 0 Å². The maximum absolute atomic E-state index is 12.3. The molecular formula is C25H24N2O3S. The van der Waals surface area contributed by atoms with Gasteiger partial charge in [0.25, 0.3) is 0 Å². The zero-order valence-electron chi connectivity index (χ0n) is 17.2. The van der Waals surface area contributed by atoms with Crippen molar-refractivity contribution in [1.29, 1.82) is 0 Å².